The third-order valence-corrected chi connectivity index (χ3v) is 1.44. The van der Waals surface area contributed by atoms with Crippen molar-refractivity contribution in [3.8, 4) is 0 Å². The molecular formula is C7H16BrNO2. The minimum absolute atomic E-state index is 0. The molecule has 0 rings (SSSR count). The molecule has 0 saturated heterocycles. The second kappa shape index (κ2) is 5.55. The van der Waals surface area contributed by atoms with Crippen molar-refractivity contribution >= 4 is 23.0 Å². The molecule has 0 aromatic rings. The predicted molar refractivity (Wildman–Crippen MR) is 50.3 cm³/mol. The molecule has 0 aromatic carbocycles. The van der Waals surface area contributed by atoms with Crippen LogP contribution in [0.2, 0.25) is 0 Å². The highest BCUT2D eigenvalue weighted by molar-refractivity contribution is 8.93. The van der Waals surface area contributed by atoms with Crippen LogP contribution >= 0.6 is 17.0 Å². The molecule has 0 aliphatic heterocycles. The van der Waals surface area contributed by atoms with Gasteiger partial charge in [0.1, 0.15) is 6.04 Å². The van der Waals surface area contributed by atoms with Crippen LogP contribution in [0.1, 0.15) is 13.8 Å². The van der Waals surface area contributed by atoms with Gasteiger partial charge in [0.15, 0.2) is 0 Å². The van der Waals surface area contributed by atoms with Gasteiger partial charge in [0.2, 0.25) is 0 Å². The number of hydrogen-bond donors (Lipinski definition) is 1. The molecule has 0 saturated carbocycles. The van der Waals surface area contributed by atoms with Crippen LogP contribution in [0.3, 0.4) is 0 Å². The van der Waals surface area contributed by atoms with Gasteiger partial charge in [-0.05, 0) is 20.0 Å². The van der Waals surface area contributed by atoms with Crippen LogP contribution in [0, 0.1) is 5.92 Å². The molecule has 1 atom stereocenters. The minimum Gasteiger partial charge on any atom is -0.480 e. The quantitative estimate of drug-likeness (QED) is 0.786. The van der Waals surface area contributed by atoms with Gasteiger partial charge in [0.05, 0.1) is 0 Å². The molecule has 0 radical (unpaired) electrons. The smallest absolute Gasteiger partial charge is 0.321 e. The van der Waals surface area contributed by atoms with Gasteiger partial charge in [-0.1, -0.05) is 13.8 Å². The third-order valence-electron chi connectivity index (χ3n) is 1.44. The fourth-order valence-electron chi connectivity index (χ4n) is 1.10. The maximum atomic E-state index is 10.5. The van der Waals surface area contributed by atoms with Crippen LogP contribution in [0.25, 0.3) is 0 Å². The summed E-state index contributed by atoms with van der Waals surface area (Å²) in [5, 5.41) is 8.67. The molecule has 68 valence electrons. The fourth-order valence-corrected chi connectivity index (χ4v) is 1.10. The number of nitrogens with zero attached hydrogens (tertiary/aromatic N) is 1. The molecule has 3 nitrogen and oxygen atoms in total. The highest BCUT2D eigenvalue weighted by Gasteiger charge is 2.22. The highest BCUT2D eigenvalue weighted by Crippen LogP contribution is 2.06. The molecule has 0 spiro atoms. The molecule has 0 aliphatic carbocycles. The van der Waals surface area contributed by atoms with E-state index < -0.39 is 5.97 Å². The topological polar surface area (TPSA) is 40.5 Å². The number of carboxylic acid groups (broad SMARTS) is 1. The number of likely N-dealkylation sites (N-methyl/N-ethyl adjacent to an activating group) is 1. The molecule has 0 aromatic heterocycles. The highest BCUT2D eigenvalue weighted by atomic mass is 79.9. The first kappa shape index (κ1) is 13.5. The Bertz CT molecular complexity index is 118. The van der Waals surface area contributed by atoms with Crippen molar-refractivity contribution in [1.82, 2.24) is 4.90 Å². The summed E-state index contributed by atoms with van der Waals surface area (Å²) >= 11 is 0. The zero-order chi connectivity index (χ0) is 8.31. The Labute approximate surface area is 78.2 Å². The average molecular weight is 226 g/mol. The van der Waals surface area contributed by atoms with Crippen molar-refractivity contribution in [2.24, 2.45) is 5.92 Å². The van der Waals surface area contributed by atoms with Gasteiger partial charge in [-0.15, -0.1) is 17.0 Å². The molecule has 11 heavy (non-hydrogen) atoms. The van der Waals surface area contributed by atoms with Gasteiger partial charge in [-0.25, -0.2) is 0 Å². The Kier molecular flexibility index (Phi) is 6.81. The van der Waals surface area contributed by atoms with Crippen molar-refractivity contribution in [2.45, 2.75) is 19.9 Å². The van der Waals surface area contributed by atoms with Gasteiger partial charge in [-0.2, -0.15) is 0 Å². The lowest BCUT2D eigenvalue weighted by Crippen LogP contribution is -2.39. The predicted octanol–water partition coefficient (Wildman–Crippen LogP) is 1.24. The second-order valence-corrected chi connectivity index (χ2v) is 2.99. The monoisotopic (exact) mass is 225 g/mol. The number of rotatable bonds is 3. The summed E-state index contributed by atoms with van der Waals surface area (Å²) in [6.07, 6.45) is 0. The van der Waals surface area contributed by atoms with E-state index >= 15 is 0 Å². The Morgan fingerprint density at radius 2 is 1.73 bits per heavy atom. The van der Waals surface area contributed by atoms with Crippen LogP contribution in [0.15, 0.2) is 0 Å². The van der Waals surface area contributed by atoms with Crippen molar-refractivity contribution in [3.63, 3.8) is 0 Å². The zero-order valence-electron chi connectivity index (χ0n) is 7.37. The zero-order valence-corrected chi connectivity index (χ0v) is 9.08. The standard InChI is InChI=1S/C7H15NO2.BrH/c1-5(2)6(7(9)10)8(3)4;/h5-6H,1-4H3,(H,9,10);1H. The molecule has 0 aliphatic rings. The molecular weight excluding hydrogens is 210 g/mol. The first-order valence-electron chi connectivity index (χ1n) is 3.36. The number of aliphatic carboxylic acids is 1. The van der Waals surface area contributed by atoms with E-state index in [0.717, 1.165) is 0 Å². The van der Waals surface area contributed by atoms with Crippen LogP contribution in [-0.4, -0.2) is 36.1 Å². The van der Waals surface area contributed by atoms with Crippen LogP contribution in [-0.2, 0) is 4.79 Å². The van der Waals surface area contributed by atoms with Gasteiger partial charge >= 0.3 is 5.97 Å². The van der Waals surface area contributed by atoms with E-state index in [2.05, 4.69) is 0 Å². The molecule has 1 unspecified atom stereocenters. The molecule has 0 amide bonds. The normalized spacial score (nSPS) is 12.9. The van der Waals surface area contributed by atoms with Crippen LogP contribution < -0.4 is 0 Å². The molecule has 4 heteroatoms. The molecule has 0 bridgehead atoms. The van der Waals surface area contributed by atoms with E-state index in [1.54, 1.807) is 19.0 Å². The van der Waals surface area contributed by atoms with E-state index in [4.69, 9.17) is 5.11 Å². The number of carbonyl (C=O) groups is 1. The lowest BCUT2D eigenvalue weighted by atomic mass is 10.0. The van der Waals surface area contributed by atoms with Crippen molar-refractivity contribution in [3.05, 3.63) is 0 Å². The Hall–Kier alpha value is -0.0900. The number of carboxylic acids is 1. The second-order valence-electron chi connectivity index (χ2n) is 2.99. The lowest BCUT2D eigenvalue weighted by Gasteiger charge is -2.22. The van der Waals surface area contributed by atoms with Gasteiger partial charge < -0.3 is 5.11 Å². The van der Waals surface area contributed by atoms with Crippen molar-refractivity contribution in [1.29, 1.82) is 0 Å². The van der Waals surface area contributed by atoms with E-state index in [1.807, 2.05) is 13.8 Å². The first-order chi connectivity index (χ1) is 4.46. The lowest BCUT2D eigenvalue weighted by molar-refractivity contribution is -0.143. The summed E-state index contributed by atoms with van der Waals surface area (Å²) in [4.78, 5) is 12.3. The van der Waals surface area contributed by atoms with Crippen molar-refractivity contribution in [2.75, 3.05) is 14.1 Å². The Balaban J connectivity index is 0. The van der Waals surface area contributed by atoms with Gasteiger partial charge in [-0.3, -0.25) is 9.69 Å². The number of hydrogen-bond acceptors (Lipinski definition) is 2. The van der Waals surface area contributed by atoms with Crippen LogP contribution in [0.4, 0.5) is 0 Å². The Morgan fingerprint density at radius 1 is 1.36 bits per heavy atom. The van der Waals surface area contributed by atoms with E-state index in [1.165, 1.54) is 0 Å². The maximum absolute atomic E-state index is 10.5. The summed E-state index contributed by atoms with van der Waals surface area (Å²) in [6, 6.07) is -0.361. The van der Waals surface area contributed by atoms with Gasteiger partial charge in [0, 0.05) is 0 Å². The molecule has 1 N–H and O–H groups in total. The van der Waals surface area contributed by atoms with E-state index in [0.29, 0.717) is 0 Å². The van der Waals surface area contributed by atoms with E-state index in [-0.39, 0.29) is 28.9 Å². The van der Waals surface area contributed by atoms with Crippen LogP contribution in [0.5, 0.6) is 0 Å². The fraction of sp³-hybridized carbons (Fsp3) is 0.857. The summed E-state index contributed by atoms with van der Waals surface area (Å²) in [6.45, 7) is 3.80. The maximum Gasteiger partial charge on any atom is 0.321 e. The summed E-state index contributed by atoms with van der Waals surface area (Å²) in [7, 11) is 3.55. The van der Waals surface area contributed by atoms with E-state index in [9.17, 15) is 4.79 Å². The molecule has 0 heterocycles. The molecule has 0 fully saturated rings. The summed E-state index contributed by atoms with van der Waals surface area (Å²) < 4.78 is 0. The number of halogens is 1. The minimum atomic E-state index is -0.750. The summed E-state index contributed by atoms with van der Waals surface area (Å²) in [5.41, 5.74) is 0. The SMILES string of the molecule is Br.CC(C)C(C(=O)O)N(C)C. The average Bonchev–Trinajstić information content (AvgIpc) is 1.59. The first-order valence-corrected chi connectivity index (χ1v) is 3.36. The van der Waals surface area contributed by atoms with Crippen molar-refractivity contribution < 1.29 is 9.90 Å². The van der Waals surface area contributed by atoms with Gasteiger partial charge in [0.25, 0.3) is 0 Å². The third kappa shape index (κ3) is 4.37. The largest absolute Gasteiger partial charge is 0.480 e. The Morgan fingerprint density at radius 3 is 1.73 bits per heavy atom. The summed E-state index contributed by atoms with van der Waals surface area (Å²) in [5.74, 6) is -0.590.